The first-order valence-corrected chi connectivity index (χ1v) is 8.62. The summed E-state index contributed by atoms with van der Waals surface area (Å²) in [6.07, 6.45) is 3.93. The lowest BCUT2D eigenvalue weighted by atomic mass is 10.2. The van der Waals surface area contributed by atoms with E-state index in [0.29, 0.717) is 6.04 Å². The number of nitrogens with one attached hydrogen (secondary N) is 1. The topological polar surface area (TPSA) is 31.4 Å². The smallest absolute Gasteiger partial charge is 0.185 e. The third kappa shape index (κ3) is 3.00. The summed E-state index contributed by atoms with van der Waals surface area (Å²) in [6.45, 7) is 6.47. The van der Waals surface area contributed by atoms with Gasteiger partial charge >= 0.3 is 0 Å². The van der Waals surface area contributed by atoms with E-state index in [4.69, 9.17) is 4.98 Å². The summed E-state index contributed by atoms with van der Waals surface area (Å²) in [6, 6.07) is 0.681. The SMILES string of the molecule is CCNCc1sc(N2CCC(N(C)C)C2)nc1C1CC1. The molecule has 5 heteroatoms. The number of nitrogens with zero attached hydrogens (tertiary/aromatic N) is 3. The van der Waals surface area contributed by atoms with Crippen LogP contribution in [0.5, 0.6) is 0 Å². The standard InChI is InChI=1S/C15H26N4S/c1-4-16-9-13-14(11-5-6-11)17-15(20-13)19-8-7-12(10-19)18(2)3/h11-12,16H,4-10H2,1-3H3. The van der Waals surface area contributed by atoms with Crippen LogP contribution in [0, 0.1) is 0 Å². The maximum absolute atomic E-state index is 4.99. The Balaban J connectivity index is 1.73. The van der Waals surface area contributed by atoms with E-state index in [9.17, 15) is 0 Å². The molecule has 0 bridgehead atoms. The highest BCUT2D eigenvalue weighted by Crippen LogP contribution is 2.44. The van der Waals surface area contributed by atoms with Crippen LogP contribution in [0.25, 0.3) is 0 Å². The van der Waals surface area contributed by atoms with Crippen LogP contribution in [0.15, 0.2) is 0 Å². The lowest BCUT2D eigenvalue weighted by molar-refractivity contribution is 0.315. The average molecular weight is 294 g/mol. The van der Waals surface area contributed by atoms with Crippen LogP contribution in [0.1, 0.15) is 42.7 Å². The van der Waals surface area contributed by atoms with Crippen molar-refractivity contribution >= 4 is 16.5 Å². The predicted octanol–water partition coefficient (Wildman–Crippen LogP) is 2.27. The molecule has 2 heterocycles. The van der Waals surface area contributed by atoms with Crippen LogP contribution in [0.3, 0.4) is 0 Å². The lowest BCUT2D eigenvalue weighted by Gasteiger charge is -2.19. The molecule has 1 aliphatic heterocycles. The van der Waals surface area contributed by atoms with E-state index in [-0.39, 0.29) is 0 Å². The van der Waals surface area contributed by atoms with E-state index in [1.165, 1.54) is 35.0 Å². The Morgan fingerprint density at radius 3 is 2.75 bits per heavy atom. The van der Waals surface area contributed by atoms with Crippen LogP contribution in [0.2, 0.25) is 0 Å². The van der Waals surface area contributed by atoms with Crippen molar-refractivity contribution in [3.8, 4) is 0 Å². The molecule has 1 N–H and O–H groups in total. The van der Waals surface area contributed by atoms with Crippen molar-refractivity contribution in [2.75, 3.05) is 38.6 Å². The van der Waals surface area contributed by atoms with Gasteiger partial charge < -0.3 is 15.1 Å². The van der Waals surface area contributed by atoms with Gasteiger partial charge in [0.2, 0.25) is 0 Å². The maximum atomic E-state index is 4.99. The molecule has 0 spiro atoms. The molecule has 112 valence electrons. The van der Waals surface area contributed by atoms with Crippen molar-refractivity contribution in [2.24, 2.45) is 0 Å². The molecule has 1 saturated carbocycles. The fraction of sp³-hybridized carbons (Fsp3) is 0.800. The number of anilines is 1. The minimum absolute atomic E-state index is 0.681. The molecular weight excluding hydrogens is 268 g/mol. The predicted molar refractivity (Wildman–Crippen MR) is 85.8 cm³/mol. The summed E-state index contributed by atoms with van der Waals surface area (Å²) in [5, 5.41) is 4.72. The van der Waals surface area contributed by atoms with E-state index < -0.39 is 0 Å². The Kier molecular flexibility index (Phi) is 4.29. The van der Waals surface area contributed by atoms with E-state index in [1.54, 1.807) is 0 Å². The normalized spacial score (nSPS) is 23.0. The Hall–Kier alpha value is -0.650. The molecule has 4 nitrogen and oxygen atoms in total. The van der Waals surface area contributed by atoms with Gasteiger partial charge in [-0.3, -0.25) is 0 Å². The van der Waals surface area contributed by atoms with Crippen LogP contribution in [-0.2, 0) is 6.54 Å². The zero-order chi connectivity index (χ0) is 14.1. The van der Waals surface area contributed by atoms with E-state index in [1.807, 2.05) is 11.3 Å². The zero-order valence-corrected chi connectivity index (χ0v) is 13.7. The van der Waals surface area contributed by atoms with Gasteiger partial charge in [0.15, 0.2) is 5.13 Å². The van der Waals surface area contributed by atoms with Crippen molar-refractivity contribution in [3.63, 3.8) is 0 Å². The number of hydrogen-bond acceptors (Lipinski definition) is 5. The van der Waals surface area contributed by atoms with Gasteiger partial charge in [0.1, 0.15) is 0 Å². The van der Waals surface area contributed by atoms with Crippen LogP contribution < -0.4 is 10.2 Å². The van der Waals surface area contributed by atoms with Crippen LogP contribution in [-0.4, -0.2) is 49.7 Å². The third-order valence-corrected chi connectivity index (χ3v) is 5.51. The third-order valence-electron chi connectivity index (χ3n) is 4.38. The Morgan fingerprint density at radius 2 is 2.15 bits per heavy atom. The molecule has 2 fully saturated rings. The monoisotopic (exact) mass is 294 g/mol. The van der Waals surface area contributed by atoms with Gasteiger partial charge in [0, 0.05) is 36.5 Å². The molecule has 1 aromatic rings. The van der Waals surface area contributed by atoms with Crippen LogP contribution >= 0.6 is 11.3 Å². The molecule has 1 unspecified atom stereocenters. The number of likely N-dealkylation sites (N-methyl/N-ethyl adjacent to an activating group) is 1. The highest BCUT2D eigenvalue weighted by molar-refractivity contribution is 7.15. The minimum Gasteiger partial charge on any atom is -0.346 e. The quantitative estimate of drug-likeness (QED) is 0.872. The number of aromatic nitrogens is 1. The number of rotatable bonds is 6. The first kappa shape index (κ1) is 14.3. The highest BCUT2D eigenvalue weighted by atomic mass is 32.1. The second-order valence-corrected chi connectivity index (χ2v) is 7.27. The van der Waals surface area contributed by atoms with E-state index in [2.05, 4.69) is 36.1 Å². The number of thiazole rings is 1. The lowest BCUT2D eigenvalue weighted by Crippen LogP contribution is -2.31. The summed E-state index contributed by atoms with van der Waals surface area (Å²) in [5.74, 6) is 0.751. The van der Waals surface area contributed by atoms with Gasteiger partial charge in [0.05, 0.1) is 5.69 Å². The van der Waals surface area contributed by atoms with Crippen molar-refractivity contribution in [1.29, 1.82) is 0 Å². The number of hydrogen-bond donors (Lipinski definition) is 1. The largest absolute Gasteiger partial charge is 0.346 e. The molecule has 0 aromatic carbocycles. The zero-order valence-electron chi connectivity index (χ0n) is 12.9. The second kappa shape index (κ2) is 6.00. The Morgan fingerprint density at radius 1 is 1.35 bits per heavy atom. The first-order valence-electron chi connectivity index (χ1n) is 7.80. The minimum atomic E-state index is 0.681. The maximum Gasteiger partial charge on any atom is 0.185 e. The van der Waals surface area contributed by atoms with Gasteiger partial charge in [-0.2, -0.15) is 0 Å². The van der Waals surface area contributed by atoms with Crippen LogP contribution in [0.4, 0.5) is 5.13 Å². The van der Waals surface area contributed by atoms with E-state index in [0.717, 1.165) is 32.1 Å². The van der Waals surface area contributed by atoms with Gasteiger partial charge in [-0.15, -0.1) is 11.3 Å². The highest BCUT2D eigenvalue weighted by Gasteiger charge is 2.32. The summed E-state index contributed by atoms with van der Waals surface area (Å²) in [7, 11) is 4.37. The molecular formula is C15H26N4S. The molecule has 2 aliphatic rings. The summed E-state index contributed by atoms with van der Waals surface area (Å²) < 4.78 is 0. The van der Waals surface area contributed by atoms with Gasteiger partial charge in [-0.05, 0) is 39.9 Å². The fourth-order valence-electron chi connectivity index (χ4n) is 2.86. The summed E-state index contributed by atoms with van der Waals surface area (Å²) in [4.78, 5) is 11.3. The average Bonchev–Trinajstić information content (AvgIpc) is 3.01. The van der Waals surface area contributed by atoms with Gasteiger partial charge in [-0.25, -0.2) is 4.98 Å². The molecule has 1 atom stereocenters. The molecule has 0 amide bonds. The summed E-state index contributed by atoms with van der Waals surface area (Å²) >= 11 is 1.91. The van der Waals surface area contributed by atoms with Crippen molar-refractivity contribution in [1.82, 2.24) is 15.2 Å². The Bertz CT molecular complexity index is 453. The second-order valence-electron chi connectivity index (χ2n) is 6.21. The molecule has 1 aromatic heterocycles. The molecule has 1 aliphatic carbocycles. The summed E-state index contributed by atoms with van der Waals surface area (Å²) in [5.41, 5.74) is 1.39. The van der Waals surface area contributed by atoms with Crippen molar-refractivity contribution in [2.45, 2.75) is 44.7 Å². The Labute approximate surface area is 126 Å². The molecule has 1 saturated heterocycles. The molecule has 0 radical (unpaired) electrons. The molecule has 20 heavy (non-hydrogen) atoms. The van der Waals surface area contributed by atoms with E-state index >= 15 is 0 Å². The van der Waals surface area contributed by atoms with Crippen molar-refractivity contribution in [3.05, 3.63) is 10.6 Å². The van der Waals surface area contributed by atoms with Gasteiger partial charge in [0.25, 0.3) is 0 Å². The first-order chi connectivity index (χ1) is 9.69. The molecule has 3 rings (SSSR count). The van der Waals surface area contributed by atoms with Crippen molar-refractivity contribution < 1.29 is 0 Å². The fourth-order valence-corrected chi connectivity index (χ4v) is 4.01. The van der Waals surface area contributed by atoms with Gasteiger partial charge in [-0.1, -0.05) is 6.92 Å².